The number of benzene rings is 1. The zero-order chi connectivity index (χ0) is 13.5. The van der Waals surface area contributed by atoms with Crippen LogP contribution in [0.2, 0.25) is 5.02 Å². The highest BCUT2D eigenvalue weighted by molar-refractivity contribution is 6.30. The van der Waals surface area contributed by atoms with Crippen LogP contribution in [0.5, 0.6) is 0 Å². The van der Waals surface area contributed by atoms with Crippen LogP contribution in [0.15, 0.2) is 54.7 Å². The van der Waals surface area contributed by atoms with Crippen LogP contribution >= 0.6 is 11.6 Å². The second kappa shape index (κ2) is 7.10. The smallest absolute Gasteiger partial charge is 0.0704 e. The van der Waals surface area contributed by atoms with Gasteiger partial charge in [-0.25, -0.2) is 0 Å². The van der Waals surface area contributed by atoms with Gasteiger partial charge in [0.25, 0.3) is 0 Å². The molecule has 0 saturated carbocycles. The molecule has 0 spiro atoms. The van der Waals surface area contributed by atoms with Crippen molar-refractivity contribution in [2.45, 2.75) is 26.2 Å². The van der Waals surface area contributed by atoms with Crippen molar-refractivity contribution in [3.8, 4) is 0 Å². The molecule has 1 nitrogen and oxygen atoms in total. The second-order valence-corrected chi connectivity index (χ2v) is 4.92. The zero-order valence-corrected chi connectivity index (χ0v) is 11.9. The topological polar surface area (TPSA) is 12.9 Å². The molecule has 1 heterocycles. The lowest BCUT2D eigenvalue weighted by Crippen LogP contribution is -1.91. The maximum Gasteiger partial charge on any atom is 0.0704 e. The SMILES string of the molecule is CCCC/C=C(\c1ccc(Cl)cc1)c1ccccn1. The Hall–Kier alpha value is -1.60. The van der Waals surface area contributed by atoms with Crippen LogP contribution < -0.4 is 0 Å². The second-order valence-electron chi connectivity index (χ2n) is 4.48. The van der Waals surface area contributed by atoms with E-state index in [1.807, 2.05) is 36.5 Å². The molecule has 0 bridgehead atoms. The van der Waals surface area contributed by atoms with E-state index in [4.69, 9.17) is 11.6 Å². The van der Waals surface area contributed by atoms with Crippen LogP contribution in [0.25, 0.3) is 5.57 Å². The minimum Gasteiger partial charge on any atom is -0.256 e. The van der Waals surface area contributed by atoms with E-state index in [0.29, 0.717) is 0 Å². The molecule has 0 radical (unpaired) electrons. The number of nitrogens with zero attached hydrogens (tertiary/aromatic N) is 1. The molecule has 2 aromatic rings. The normalized spacial score (nSPS) is 11.6. The molecule has 0 fully saturated rings. The molecule has 0 aliphatic rings. The van der Waals surface area contributed by atoms with Gasteiger partial charge in [-0.2, -0.15) is 0 Å². The van der Waals surface area contributed by atoms with Crippen molar-refractivity contribution in [1.29, 1.82) is 0 Å². The molecule has 0 saturated heterocycles. The molecule has 1 aromatic carbocycles. The van der Waals surface area contributed by atoms with E-state index in [9.17, 15) is 0 Å². The lowest BCUT2D eigenvalue weighted by atomic mass is 10.0. The summed E-state index contributed by atoms with van der Waals surface area (Å²) in [5, 5.41) is 0.762. The first-order chi connectivity index (χ1) is 9.31. The summed E-state index contributed by atoms with van der Waals surface area (Å²) in [4.78, 5) is 4.46. The Labute approximate surface area is 120 Å². The van der Waals surface area contributed by atoms with Crippen molar-refractivity contribution < 1.29 is 0 Å². The van der Waals surface area contributed by atoms with Crippen molar-refractivity contribution in [2.24, 2.45) is 0 Å². The van der Waals surface area contributed by atoms with Gasteiger partial charge in [-0.3, -0.25) is 4.98 Å². The first-order valence-electron chi connectivity index (χ1n) is 6.68. The highest BCUT2D eigenvalue weighted by Gasteiger charge is 2.05. The van der Waals surface area contributed by atoms with Gasteiger partial charge in [0.1, 0.15) is 0 Å². The number of aromatic nitrogens is 1. The van der Waals surface area contributed by atoms with E-state index in [0.717, 1.165) is 17.1 Å². The third-order valence-electron chi connectivity index (χ3n) is 3.00. The van der Waals surface area contributed by atoms with Crippen molar-refractivity contribution in [2.75, 3.05) is 0 Å². The summed E-state index contributed by atoms with van der Waals surface area (Å²) in [5.41, 5.74) is 3.37. The standard InChI is InChI=1S/C17H18ClN/c1-2-3-4-7-16(17-8-5-6-13-19-17)14-9-11-15(18)12-10-14/h5-13H,2-4H2,1H3/b16-7+. The molecule has 0 aliphatic heterocycles. The van der Waals surface area contributed by atoms with Crippen LogP contribution in [0.1, 0.15) is 37.4 Å². The molecule has 2 rings (SSSR count). The fourth-order valence-electron chi connectivity index (χ4n) is 1.97. The van der Waals surface area contributed by atoms with Gasteiger partial charge in [-0.1, -0.05) is 55.6 Å². The number of unbranched alkanes of at least 4 members (excludes halogenated alkanes) is 2. The third-order valence-corrected chi connectivity index (χ3v) is 3.25. The van der Waals surface area contributed by atoms with Crippen LogP contribution in [-0.2, 0) is 0 Å². The molecular formula is C17H18ClN. The van der Waals surface area contributed by atoms with Gasteiger partial charge in [0, 0.05) is 16.8 Å². The van der Waals surface area contributed by atoms with Gasteiger partial charge in [0.15, 0.2) is 0 Å². The van der Waals surface area contributed by atoms with Crippen molar-refractivity contribution in [1.82, 2.24) is 4.98 Å². The van der Waals surface area contributed by atoms with Gasteiger partial charge in [0.05, 0.1) is 5.69 Å². The van der Waals surface area contributed by atoms with Gasteiger partial charge in [-0.05, 0) is 36.2 Å². The fourth-order valence-corrected chi connectivity index (χ4v) is 2.10. The molecule has 98 valence electrons. The number of allylic oxidation sites excluding steroid dienone is 1. The van der Waals surface area contributed by atoms with E-state index in [1.165, 1.54) is 24.0 Å². The Morgan fingerprint density at radius 2 is 1.95 bits per heavy atom. The summed E-state index contributed by atoms with van der Waals surface area (Å²) in [7, 11) is 0. The van der Waals surface area contributed by atoms with Crippen LogP contribution in [0, 0.1) is 0 Å². The van der Waals surface area contributed by atoms with E-state index in [-0.39, 0.29) is 0 Å². The quantitative estimate of drug-likeness (QED) is 0.668. The summed E-state index contributed by atoms with van der Waals surface area (Å²) < 4.78 is 0. The Morgan fingerprint density at radius 3 is 2.58 bits per heavy atom. The van der Waals surface area contributed by atoms with Gasteiger partial charge < -0.3 is 0 Å². The van der Waals surface area contributed by atoms with Gasteiger partial charge in [0.2, 0.25) is 0 Å². The maximum atomic E-state index is 5.95. The minimum absolute atomic E-state index is 0.762. The van der Waals surface area contributed by atoms with Crippen molar-refractivity contribution >= 4 is 17.2 Å². The Balaban J connectivity index is 2.34. The summed E-state index contributed by atoms with van der Waals surface area (Å²) in [5.74, 6) is 0. The fraction of sp³-hybridized carbons (Fsp3) is 0.235. The average molecular weight is 272 g/mol. The predicted molar refractivity (Wildman–Crippen MR) is 82.3 cm³/mol. The molecule has 0 amide bonds. The van der Waals surface area contributed by atoms with Crippen LogP contribution in [0.3, 0.4) is 0 Å². The van der Waals surface area contributed by atoms with Crippen LogP contribution in [0.4, 0.5) is 0 Å². The number of halogens is 1. The molecule has 1 aromatic heterocycles. The minimum atomic E-state index is 0.762. The predicted octanol–water partition coefficient (Wildman–Crippen LogP) is 5.36. The summed E-state index contributed by atoms with van der Waals surface area (Å²) in [6, 6.07) is 14.0. The number of rotatable bonds is 5. The van der Waals surface area contributed by atoms with E-state index in [2.05, 4.69) is 30.1 Å². The zero-order valence-electron chi connectivity index (χ0n) is 11.1. The van der Waals surface area contributed by atoms with Crippen LogP contribution in [-0.4, -0.2) is 4.98 Å². The highest BCUT2D eigenvalue weighted by Crippen LogP contribution is 2.24. The highest BCUT2D eigenvalue weighted by atomic mass is 35.5. The molecular weight excluding hydrogens is 254 g/mol. The van der Waals surface area contributed by atoms with Crippen molar-refractivity contribution in [3.63, 3.8) is 0 Å². The van der Waals surface area contributed by atoms with Gasteiger partial charge >= 0.3 is 0 Å². The Kier molecular flexibility index (Phi) is 5.17. The van der Waals surface area contributed by atoms with E-state index >= 15 is 0 Å². The molecule has 2 heteroatoms. The van der Waals surface area contributed by atoms with E-state index in [1.54, 1.807) is 0 Å². The summed E-state index contributed by atoms with van der Waals surface area (Å²) >= 11 is 5.95. The maximum absolute atomic E-state index is 5.95. The molecule has 0 unspecified atom stereocenters. The number of pyridine rings is 1. The Bertz CT molecular complexity index is 529. The Morgan fingerprint density at radius 1 is 1.16 bits per heavy atom. The summed E-state index contributed by atoms with van der Waals surface area (Å²) in [6.45, 7) is 2.20. The largest absolute Gasteiger partial charge is 0.256 e. The average Bonchev–Trinajstić information content (AvgIpc) is 2.46. The lowest BCUT2D eigenvalue weighted by molar-refractivity contribution is 0.815. The number of hydrogen-bond donors (Lipinski definition) is 0. The van der Waals surface area contributed by atoms with Gasteiger partial charge in [-0.15, -0.1) is 0 Å². The monoisotopic (exact) mass is 271 g/mol. The first-order valence-corrected chi connectivity index (χ1v) is 7.06. The third kappa shape index (κ3) is 3.93. The first kappa shape index (κ1) is 13.8. The molecule has 0 N–H and O–H groups in total. The van der Waals surface area contributed by atoms with E-state index < -0.39 is 0 Å². The summed E-state index contributed by atoms with van der Waals surface area (Å²) in [6.07, 6.45) is 7.58. The lowest BCUT2D eigenvalue weighted by Gasteiger charge is -2.08. The molecule has 19 heavy (non-hydrogen) atoms. The van der Waals surface area contributed by atoms with Crippen molar-refractivity contribution in [3.05, 3.63) is 71.0 Å². The molecule has 0 aliphatic carbocycles. The number of hydrogen-bond acceptors (Lipinski definition) is 1. The molecule has 0 atom stereocenters.